The second-order valence-corrected chi connectivity index (χ2v) is 25.2. The zero-order valence-electron chi connectivity index (χ0n) is 51.2. The highest BCUT2D eigenvalue weighted by Crippen LogP contribution is 2.34. The van der Waals surface area contributed by atoms with Crippen molar-refractivity contribution in [2.75, 3.05) is 6.61 Å². The first-order chi connectivity index (χ1) is 38.9. The fourth-order valence-corrected chi connectivity index (χ4v) is 11.4. The van der Waals surface area contributed by atoms with Crippen LogP contribution in [0.1, 0.15) is 153 Å². The molecule has 28 atom stereocenters. The Labute approximate surface area is 493 Å². The van der Waals surface area contributed by atoms with Crippen molar-refractivity contribution < 1.29 is 100 Å². The summed E-state index contributed by atoms with van der Waals surface area (Å²) >= 11 is 0. The number of aliphatic hydroxyl groups excluding tert-OH is 15. The molecule has 3 aliphatic rings. The molecule has 0 aromatic rings. The van der Waals surface area contributed by atoms with Crippen molar-refractivity contribution in [2.24, 2.45) is 53.3 Å². The summed E-state index contributed by atoms with van der Waals surface area (Å²) in [5.74, 6) is -1.95. The van der Waals surface area contributed by atoms with E-state index in [1.54, 1.807) is 39.0 Å². The zero-order chi connectivity index (χ0) is 62.6. The second-order valence-electron chi connectivity index (χ2n) is 25.2. The molecule has 0 spiro atoms. The van der Waals surface area contributed by atoms with E-state index in [9.17, 15) is 81.4 Å². The van der Waals surface area contributed by atoms with Crippen molar-refractivity contribution in [1.29, 1.82) is 0 Å². The van der Waals surface area contributed by atoms with Crippen molar-refractivity contribution in [2.45, 2.75) is 270 Å². The summed E-state index contributed by atoms with van der Waals surface area (Å²) in [6.45, 7) is 20.0. The van der Waals surface area contributed by atoms with E-state index in [2.05, 4.69) is 33.8 Å². The number of allylic oxidation sites excluding steroid dienone is 2. The van der Waals surface area contributed by atoms with Crippen LogP contribution in [0.4, 0.5) is 0 Å². The number of cyclic esters (lactones) is 1. The average molecular weight is 1190 g/mol. The minimum atomic E-state index is -1.86. The maximum absolute atomic E-state index is 13.6. The molecule has 0 bridgehead atoms. The summed E-state index contributed by atoms with van der Waals surface area (Å²) in [6.07, 6.45) is -8.26. The molecule has 20 heteroatoms. The first-order valence-corrected chi connectivity index (χ1v) is 30.6. The summed E-state index contributed by atoms with van der Waals surface area (Å²) in [7, 11) is 0. The molecule has 2 saturated heterocycles. The molecule has 0 aliphatic carbocycles. The Bertz CT molecular complexity index is 2000. The van der Waals surface area contributed by atoms with Crippen LogP contribution in [-0.4, -0.2) is 206 Å². The monoisotopic (exact) mass is 1190 g/mol. The normalized spacial score (nSPS) is 46.5. The molecule has 83 heavy (non-hydrogen) atoms. The Hall–Kier alpha value is -2.55. The number of ether oxygens (including phenoxy) is 4. The number of rotatable bonds is 5. The molecule has 15 N–H and O–H groups in total. The lowest BCUT2D eigenvalue weighted by Gasteiger charge is -2.41. The van der Waals surface area contributed by atoms with E-state index in [0.29, 0.717) is 48.5 Å². The van der Waals surface area contributed by atoms with Crippen molar-refractivity contribution in [3.8, 4) is 0 Å². The van der Waals surface area contributed by atoms with Gasteiger partial charge in [-0.3, -0.25) is 0 Å². The summed E-state index contributed by atoms with van der Waals surface area (Å²) in [4.78, 5) is 13.6. The molecule has 482 valence electrons. The minimum absolute atomic E-state index is 0.177. The number of hydrogen-bond acceptors (Lipinski definition) is 20. The van der Waals surface area contributed by atoms with Crippen molar-refractivity contribution >= 4 is 5.97 Å². The van der Waals surface area contributed by atoms with Gasteiger partial charge in [-0.25, -0.2) is 4.79 Å². The summed E-state index contributed by atoms with van der Waals surface area (Å²) < 4.78 is 23.3. The fraction of sp³-hybridized carbons (Fsp3) is 0.825. The van der Waals surface area contributed by atoms with E-state index in [4.69, 9.17) is 18.9 Å². The van der Waals surface area contributed by atoms with Gasteiger partial charge in [0.25, 0.3) is 0 Å². The Morgan fingerprint density at radius 3 is 1.70 bits per heavy atom. The van der Waals surface area contributed by atoms with E-state index in [-0.39, 0.29) is 55.6 Å². The molecule has 2 fully saturated rings. The molecule has 0 radical (unpaired) electrons. The Morgan fingerprint density at radius 1 is 0.566 bits per heavy atom. The molecule has 0 aromatic heterocycles. The highest BCUT2D eigenvalue weighted by atomic mass is 16.7. The zero-order valence-corrected chi connectivity index (χ0v) is 51.2. The summed E-state index contributed by atoms with van der Waals surface area (Å²) in [6, 6.07) is 0. The van der Waals surface area contributed by atoms with Crippen LogP contribution in [0.2, 0.25) is 0 Å². The van der Waals surface area contributed by atoms with Crippen molar-refractivity contribution in [1.82, 2.24) is 0 Å². The third-order valence-electron chi connectivity index (χ3n) is 18.4. The predicted molar refractivity (Wildman–Crippen MR) is 312 cm³/mol. The number of hydrogen-bond donors (Lipinski definition) is 15. The number of esters is 1. The van der Waals surface area contributed by atoms with Crippen LogP contribution in [0.15, 0.2) is 59.8 Å². The number of carbonyl (C=O) groups is 1. The molecule has 0 aromatic carbocycles. The topological polar surface area (TPSA) is 357 Å². The molecule has 3 aliphatic heterocycles. The van der Waals surface area contributed by atoms with E-state index >= 15 is 0 Å². The highest BCUT2D eigenvalue weighted by Gasteiger charge is 2.46. The standard InChI is InChI=1S/C63H110O20/c1-33-16-12-13-17-35(3)48(69)23-22-36(4)57(74)38(6)26-54(82-63-61(78)60(77)59(76)55(32-64)83-63)51(72)31-47(68)28-46(67)30-50(71)42(10)58(75)41(9)49(70)29-45(66)27-44(65)20-15-21-52(43(11)53-24-25-56(73)80-53)81-62(79)37(5)19-14-18-34(2)40(8)39(33)7/h13,15,17,19-20,22-23,26,33-36,39-61,63-78H,12,14,16,18,21,24-25,27-32H2,1-11H3/b17-13+,20-15-,23-22+,37-19+,38-26+/t33?,34?,35?,36?,39?,40?,41?,42?,43?,44?,45?,46?,47?,48?,49?,50?,51?,52?,53?,54?,55-,56?,57?,58?,59-,60+,61+,63+/m1/s1. The second kappa shape index (κ2) is 36.7. The number of aliphatic hydroxyl groups is 15. The smallest absolute Gasteiger partial charge is 0.333 e. The summed E-state index contributed by atoms with van der Waals surface area (Å²) in [5, 5.41) is 163. The first-order valence-electron chi connectivity index (χ1n) is 30.6. The van der Waals surface area contributed by atoms with Crippen LogP contribution >= 0.6 is 0 Å². The van der Waals surface area contributed by atoms with Crippen molar-refractivity contribution in [3.05, 3.63) is 59.8 Å². The van der Waals surface area contributed by atoms with Gasteiger partial charge >= 0.3 is 5.97 Å². The van der Waals surface area contributed by atoms with Crippen LogP contribution in [0, 0.1) is 53.3 Å². The Morgan fingerprint density at radius 2 is 1.13 bits per heavy atom. The Balaban J connectivity index is 1.88. The maximum atomic E-state index is 13.6. The van der Waals surface area contributed by atoms with Gasteiger partial charge in [0, 0.05) is 60.8 Å². The molecule has 20 nitrogen and oxygen atoms in total. The molecular formula is C63H110O20. The highest BCUT2D eigenvalue weighted by molar-refractivity contribution is 5.87. The molecule has 3 heterocycles. The molecule has 23 unspecified atom stereocenters. The first kappa shape index (κ1) is 74.7. The largest absolute Gasteiger partial charge is 0.458 e. The molecule has 3 rings (SSSR count). The van der Waals surface area contributed by atoms with Gasteiger partial charge in [0.15, 0.2) is 12.6 Å². The lowest BCUT2D eigenvalue weighted by molar-refractivity contribution is -0.313. The SMILES string of the molecule is C/C1=C\CCC(C)C(C)C(C)C(C)CC/C=C/C(C)C(O)/C=C/C(C)C(O)/C(C)=C/C(O[C@H]2O[C@H](CO)[C@@H](O)[C@H](O)[C@@H]2O)C(O)CC(O)CC(O)CC(O)C(C)C(O)C(C)C(O)CC(O)CC(O)/C=C\CC(C(C)C2CCC(O)O2)OC1=O. The summed E-state index contributed by atoms with van der Waals surface area (Å²) in [5.41, 5.74) is 0.732. The van der Waals surface area contributed by atoms with E-state index in [0.717, 1.165) is 19.3 Å². The minimum Gasteiger partial charge on any atom is -0.458 e. The fourth-order valence-electron chi connectivity index (χ4n) is 11.4. The third kappa shape index (κ3) is 24.2. The molecule has 0 saturated carbocycles. The molecule has 0 amide bonds. The van der Waals surface area contributed by atoms with E-state index in [1.165, 1.54) is 26.0 Å². The van der Waals surface area contributed by atoms with Gasteiger partial charge in [0.05, 0.1) is 73.8 Å². The lowest BCUT2D eigenvalue weighted by Crippen LogP contribution is -2.60. The van der Waals surface area contributed by atoms with Gasteiger partial charge in [-0.05, 0) is 94.5 Å². The van der Waals surface area contributed by atoms with Crippen molar-refractivity contribution in [3.63, 3.8) is 0 Å². The van der Waals surface area contributed by atoms with Crippen LogP contribution in [0.3, 0.4) is 0 Å². The van der Waals surface area contributed by atoms with Crippen LogP contribution < -0.4 is 0 Å². The third-order valence-corrected chi connectivity index (χ3v) is 18.4. The van der Waals surface area contributed by atoms with E-state index < -0.39 is 147 Å². The van der Waals surface area contributed by atoms with Gasteiger partial charge < -0.3 is 95.5 Å². The van der Waals surface area contributed by atoms with Crippen LogP contribution in [0.25, 0.3) is 0 Å². The van der Waals surface area contributed by atoms with Gasteiger partial charge in [0.1, 0.15) is 36.6 Å². The van der Waals surface area contributed by atoms with E-state index in [1.807, 2.05) is 26.0 Å². The predicted octanol–water partition coefficient (Wildman–Crippen LogP) is 3.39. The lowest BCUT2D eigenvalue weighted by atomic mass is 9.75. The van der Waals surface area contributed by atoms with Crippen LogP contribution in [-0.2, 0) is 23.7 Å². The average Bonchev–Trinajstić information content (AvgIpc) is 4.00. The number of carbonyl (C=O) groups excluding carboxylic acids is 1. The van der Waals surface area contributed by atoms with Gasteiger partial charge in [-0.1, -0.05) is 111 Å². The van der Waals surface area contributed by atoms with Crippen LogP contribution in [0.5, 0.6) is 0 Å². The van der Waals surface area contributed by atoms with Gasteiger partial charge in [0.2, 0.25) is 0 Å². The quantitative estimate of drug-likeness (QED) is 0.139. The van der Waals surface area contributed by atoms with Gasteiger partial charge in [-0.15, -0.1) is 0 Å². The Kier molecular flexibility index (Phi) is 33.0. The van der Waals surface area contributed by atoms with Gasteiger partial charge in [-0.2, -0.15) is 0 Å². The maximum Gasteiger partial charge on any atom is 0.333 e. The molecular weight excluding hydrogens is 1080 g/mol.